The first-order valence-corrected chi connectivity index (χ1v) is 9.28. The monoisotopic (exact) mass is 403 g/mol. The Morgan fingerprint density at radius 3 is 2.55 bits per heavy atom. The van der Waals surface area contributed by atoms with E-state index in [1.807, 2.05) is 35.2 Å². The molecule has 0 bridgehead atoms. The largest absolute Gasteiger partial charge is 0.405 e. The van der Waals surface area contributed by atoms with Crippen LogP contribution in [0.25, 0.3) is 10.9 Å². The number of halogens is 3. The second kappa shape index (κ2) is 7.65. The number of alkyl halides is 3. The second-order valence-corrected chi connectivity index (χ2v) is 6.84. The number of carbonyl (C=O) groups excluding carboxylic acids is 1. The first-order chi connectivity index (χ1) is 13.9. The molecule has 152 valence electrons. The molecule has 1 fully saturated rings. The third kappa shape index (κ3) is 4.13. The molecule has 1 aliphatic rings. The molecule has 1 saturated heterocycles. The van der Waals surface area contributed by atoms with Gasteiger partial charge in [-0.15, -0.1) is 0 Å². The van der Waals surface area contributed by atoms with Crippen LogP contribution in [0.15, 0.2) is 54.9 Å². The van der Waals surface area contributed by atoms with Crippen molar-refractivity contribution in [3.05, 3.63) is 54.9 Å². The van der Waals surface area contributed by atoms with Gasteiger partial charge in [-0.3, -0.25) is 4.57 Å². The standard InChI is InChI=1S/C20H20F3N5O/c21-20(22,23)14-25-16-5-3-8-24-18(16)26-10-12-27(13-11-26)19(29)28-9-7-15-4-1-2-6-17(15)28/h1-9,25H,10-14H2. The quantitative estimate of drug-likeness (QED) is 0.723. The smallest absolute Gasteiger partial charge is 0.373 e. The van der Waals surface area contributed by atoms with E-state index in [0.717, 1.165) is 10.9 Å². The van der Waals surface area contributed by atoms with E-state index in [0.29, 0.717) is 37.7 Å². The predicted molar refractivity (Wildman–Crippen MR) is 105 cm³/mol. The molecule has 1 amide bonds. The number of hydrogen-bond donors (Lipinski definition) is 1. The highest BCUT2D eigenvalue weighted by Crippen LogP contribution is 2.26. The maximum atomic E-state index is 12.9. The molecule has 1 aromatic carbocycles. The van der Waals surface area contributed by atoms with Gasteiger partial charge in [0.15, 0.2) is 5.82 Å². The van der Waals surface area contributed by atoms with Crippen molar-refractivity contribution in [2.24, 2.45) is 0 Å². The molecule has 0 aliphatic carbocycles. The Hall–Kier alpha value is -3.23. The number of rotatable bonds is 3. The molecular formula is C20H20F3N5O. The van der Waals surface area contributed by atoms with E-state index in [9.17, 15) is 18.0 Å². The molecule has 0 atom stereocenters. The van der Waals surface area contributed by atoms with Crippen LogP contribution in [-0.4, -0.2) is 59.4 Å². The Bertz CT molecular complexity index is 1010. The van der Waals surface area contributed by atoms with E-state index >= 15 is 0 Å². The Morgan fingerprint density at radius 2 is 1.79 bits per heavy atom. The summed E-state index contributed by atoms with van der Waals surface area (Å²) in [6.07, 6.45) is -0.993. The van der Waals surface area contributed by atoms with Gasteiger partial charge in [0, 0.05) is 44.0 Å². The van der Waals surface area contributed by atoms with Gasteiger partial charge in [-0.25, -0.2) is 9.78 Å². The zero-order chi connectivity index (χ0) is 20.4. The summed E-state index contributed by atoms with van der Waals surface area (Å²) in [7, 11) is 0. The molecule has 3 aromatic rings. The van der Waals surface area contributed by atoms with Crippen molar-refractivity contribution < 1.29 is 18.0 Å². The van der Waals surface area contributed by atoms with Gasteiger partial charge in [-0.05, 0) is 24.3 Å². The molecule has 3 heterocycles. The van der Waals surface area contributed by atoms with E-state index in [1.165, 1.54) is 0 Å². The maximum Gasteiger partial charge on any atom is 0.405 e. The van der Waals surface area contributed by atoms with Gasteiger partial charge in [-0.1, -0.05) is 18.2 Å². The van der Waals surface area contributed by atoms with E-state index in [4.69, 9.17) is 0 Å². The highest BCUT2D eigenvalue weighted by Gasteiger charge is 2.28. The van der Waals surface area contributed by atoms with Crippen LogP contribution in [0, 0.1) is 0 Å². The molecule has 4 rings (SSSR count). The fourth-order valence-corrected chi connectivity index (χ4v) is 3.49. The lowest BCUT2D eigenvalue weighted by Crippen LogP contribution is -2.50. The van der Waals surface area contributed by atoms with Gasteiger partial charge in [0.1, 0.15) is 6.54 Å². The number of carbonyl (C=O) groups is 1. The van der Waals surface area contributed by atoms with E-state index in [-0.39, 0.29) is 6.03 Å². The summed E-state index contributed by atoms with van der Waals surface area (Å²) in [5.74, 6) is 0.468. The molecule has 1 aliphatic heterocycles. The Kier molecular flexibility index (Phi) is 5.04. The summed E-state index contributed by atoms with van der Waals surface area (Å²) in [5, 5.41) is 3.41. The van der Waals surface area contributed by atoms with Crippen molar-refractivity contribution in [1.29, 1.82) is 0 Å². The maximum absolute atomic E-state index is 12.9. The number of benzene rings is 1. The summed E-state index contributed by atoms with van der Waals surface area (Å²) in [6, 6.07) is 12.6. The highest BCUT2D eigenvalue weighted by molar-refractivity contribution is 5.91. The average molecular weight is 403 g/mol. The Balaban J connectivity index is 1.44. The summed E-state index contributed by atoms with van der Waals surface area (Å²) in [4.78, 5) is 20.8. The van der Waals surface area contributed by atoms with E-state index in [1.54, 1.807) is 34.0 Å². The minimum atomic E-state index is -4.31. The summed E-state index contributed by atoms with van der Waals surface area (Å²) in [6.45, 7) is 0.775. The number of hydrogen-bond acceptors (Lipinski definition) is 4. The lowest BCUT2D eigenvalue weighted by molar-refractivity contribution is -0.115. The third-order valence-corrected chi connectivity index (χ3v) is 4.92. The minimum Gasteiger partial charge on any atom is -0.373 e. The fourth-order valence-electron chi connectivity index (χ4n) is 3.49. The van der Waals surface area contributed by atoms with Gasteiger partial charge in [-0.2, -0.15) is 13.2 Å². The third-order valence-electron chi connectivity index (χ3n) is 4.92. The van der Waals surface area contributed by atoms with Gasteiger partial charge >= 0.3 is 12.2 Å². The number of fused-ring (bicyclic) bond motifs is 1. The van der Waals surface area contributed by atoms with Gasteiger partial charge in [0.2, 0.25) is 0 Å². The van der Waals surface area contributed by atoms with Crippen LogP contribution < -0.4 is 10.2 Å². The number of nitrogens with zero attached hydrogens (tertiary/aromatic N) is 4. The van der Waals surface area contributed by atoms with Crippen molar-refractivity contribution in [1.82, 2.24) is 14.5 Å². The van der Waals surface area contributed by atoms with Gasteiger partial charge < -0.3 is 15.1 Å². The number of para-hydroxylation sites is 1. The van der Waals surface area contributed by atoms with Crippen LogP contribution in [0.3, 0.4) is 0 Å². The molecule has 0 radical (unpaired) electrons. The van der Waals surface area contributed by atoms with E-state index in [2.05, 4.69) is 10.3 Å². The fraction of sp³-hybridized carbons (Fsp3) is 0.300. The summed E-state index contributed by atoms with van der Waals surface area (Å²) in [5.41, 5.74) is 1.18. The van der Waals surface area contributed by atoms with Gasteiger partial charge in [0.05, 0.1) is 11.2 Å². The Morgan fingerprint density at radius 1 is 1.03 bits per heavy atom. The number of aromatic nitrogens is 2. The molecule has 9 heteroatoms. The van der Waals surface area contributed by atoms with E-state index < -0.39 is 12.7 Å². The molecule has 0 unspecified atom stereocenters. The normalized spacial score (nSPS) is 15.0. The second-order valence-electron chi connectivity index (χ2n) is 6.84. The minimum absolute atomic E-state index is 0.109. The van der Waals surface area contributed by atoms with Crippen LogP contribution in [0.1, 0.15) is 0 Å². The van der Waals surface area contributed by atoms with Crippen LogP contribution in [0.2, 0.25) is 0 Å². The van der Waals surface area contributed by atoms with Crippen LogP contribution in [0.5, 0.6) is 0 Å². The number of pyridine rings is 1. The number of anilines is 2. The predicted octanol–water partition coefficient (Wildman–Crippen LogP) is 3.80. The van der Waals surface area contributed by atoms with Crippen LogP contribution in [-0.2, 0) is 0 Å². The van der Waals surface area contributed by atoms with Crippen molar-refractivity contribution in [3.63, 3.8) is 0 Å². The summed E-state index contributed by atoms with van der Waals surface area (Å²) >= 11 is 0. The Labute approximate surface area is 165 Å². The molecule has 1 N–H and O–H groups in total. The topological polar surface area (TPSA) is 53.4 Å². The first kappa shape index (κ1) is 19.1. The number of piperazine rings is 1. The molecule has 6 nitrogen and oxygen atoms in total. The molecule has 0 spiro atoms. The van der Waals surface area contributed by atoms with Crippen LogP contribution >= 0.6 is 0 Å². The zero-order valence-corrected chi connectivity index (χ0v) is 15.6. The molecule has 0 saturated carbocycles. The lowest BCUT2D eigenvalue weighted by atomic mass is 10.2. The van der Waals surface area contributed by atoms with Crippen molar-refractivity contribution in [3.8, 4) is 0 Å². The molecule has 29 heavy (non-hydrogen) atoms. The van der Waals surface area contributed by atoms with Gasteiger partial charge in [0.25, 0.3) is 0 Å². The molecule has 2 aromatic heterocycles. The number of nitrogens with one attached hydrogen (secondary N) is 1. The lowest BCUT2D eigenvalue weighted by Gasteiger charge is -2.36. The first-order valence-electron chi connectivity index (χ1n) is 9.28. The van der Waals surface area contributed by atoms with Crippen LogP contribution in [0.4, 0.5) is 29.5 Å². The SMILES string of the molecule is O=C(N1CCN(c2ncccc2NCC(F)(F)F)CC1)n1ccc2ccccc21. The summed E-state index contributed by atoms with van der Waals surface area (Å²) < 4.78 is 39.3. The highest BCUT2D eigenvalue weighted by atomic mass is 19.4. The number of amides is 1. The van der Waals surface area contributed by atoms with Crippen molar-refractivity contribution in [2.75, 3.05) is 42.9 Å². The van der Waals surface area contributed by atoms with Crippen molar-refractivity contribution in [2.45, 2.75) is 6.18 Å². The zero-order valence-electron chi connectivity index (χ0n) is 15.6. The van der Waals surface area contributed by atoms with Crippen molar-refractivity contribution >= 4 is 28.4 Å². The average Bonchev–Trinajstić information content (AvgIpc) is 3.16. The molecular weight excluding hydrogens is 383 g/mol.